The monoisotopic (exact) mass is 1740 g/mol. The number of rotatable bonds is 20. The summed E-state index contributed by atoms with van der Waals surface area (Å²) < 4.78 is 14.2. The molecule has 22 nitrogen and oxygen atoms in total. The van der Waals surface area contributed by atoms with Crippen molar-refractivity contribution >= 4 is 137 Å². The molecule has 0 bridgehead atoms. The van der Waals surface area contributed by atoms with Crippen molar-refractivity contribution in [3.8, 4) is 52.2 Å². The Balaban J connectivity index is 0.000000115. The van der Waals surface area contributed by atoms with Gasteiger partial charge >= 0.3 is 0 Å². The number of carbonyl (C=O) groups excluding carboxylic acids is 5. The minimum absolute atomic E-state index is 0.217. The third kappa shape index (κ3) is 19.4. The van der Waals surface area contributed by atoms with E-state index in [1.165, 1.54) is 67.2 Å². The van der Waals surface area contributed by atoms with Gasteiger partial charge in [0.2, 0.25) is 0 Å². The number of fused-ring (bicyclic) bond motifs is 5. The molecule has 0 atom stereocenters. The highest BCUT2D eigenvalue weighted by Gasteiger charge is 2.25. The van der Waals surface area contributed by atoms with Crippen LogP contribution >= 0.6 is 56.7 Å². The van der Waals surface area contributed by atoms with E-state index < -0.39 is 29.5 Å². The van der Waals surface area contributed by atoms with Crippen LogP contribution in [0.1, 0.15) is 139 Å². The molecule has 0 spiro atoms. The summed E-state index contributed by atoms with van der Waals surface area (Å²) >= 11 is 7.65. The first-order valence-electron chi connectivity index (χ1n) is 40.0. The Morgan fingerprint density at radius 3 is 0.672 bits per heavy atom. The fraction of sp³-hybridized carbons (Fsp3) is 0.133. The van der Waals surface area contributed by atoms with Gasteiger partial charge in [-0.15, -0.1) is 82.2 Å². The summed E-state index contributed by atoms with van der Waals surface area (Å²) in [6, 6.07) is 55.8. The second kappa shape index (κ2) is 37.6. The summed E-state index contributed by atoms with van der Waals surface area (Å²) in [5.41, 5.74) is 50.2. The third-order valence-corrected chi connectivity index (χ3v) is 27.0. The van der Waals surface area contributed by atoms with Gasteiger partial charge in [-0.05, 0) is 152 Å². The van der Waals surface area contributed by atoms with E-state index in [4.69, 9.17) is 37.5 Å². The van der Waals surface area contributed by atoms with Crippen LogP contribution in [0.4, 0.5) is 0 Å². The molecule has 620 valence electrons. The summed E-state index contributed by atoms with van der Waals surface area (Å²) in [6.45, 7) is 10.3. The maximum Gasteiger partial charge on any atom is 0.270 e. The molecule has 125 heavy (non-hydrogen) atoms. The Hall–Kier alpha value is -14.4. The standard InChI is InChI=1S/3C20H17N3OS.2C19H15N3O2S/c3*1-12-6-8-14(9-7-12)17-11-15-16(10-13-4-2-3-5-13)22-23-18(20(21)24)19(15)25-17;2*1-11-2-4-13(5-3-11)16-9-14-15(8-12-6-7-24-10-12)21-22-17(19(20)23)18(14)25-16/h3*2,4-9,11H,3,10H2,1H3,(H2,21,24);2*2-7,9-10H,8H2,1H3,(H2,20,23). The lowest BCUT2D eigenvalue weighted by molar-refractivity contribution is 0.0988. The fourth-order valence-electron chi connectivity index (χ4n) is 14.4. The van der Waals surface area contributed by atoms with Gasteiger partial charge in [0.1, 0.15) is 0 Å². The Labute approximate surface area is 738 Å². The lowest BCUT2D eigenvalue weighted by atomic mass is 10.1. The summed E-state index contributed by atoms with van der Waals surface area (Å²) in [6.07, 6.45) is 32.1. The number of hydrogen-bond donors (Lipinski definition) is 5. The maximum atomic E-state index is 11.8. The highest BCUT2D eigenvalue weighted by atomic mass is 32.1. The molecule has 10 N–H and O–H groups in total. The van der Waals surface area contributed by atoms with Crippen LogP contribution in [0.15, 0.2) is 269 Å². The van der Waals surface area contributed by atoms with Crippen LogP contribution in [0.3, 0.4) is 0 Å². The average Bonchev–Trinajstić information content (AvgIpc) is 1.66. The molecule has 12 aromatic heterocycles. The minimum atomic E-state index is -0.565. The van der Waals surface area contributed by atoms with E-state index in [-0.39, 0.29) is 28.5 Å². The molecule has 3 aliphatic rings. The van der Waals surface area contributed by atoms with Crippen molar-refractivity contribution in [2.45, 2.75) is 86.0 Å². The Kier molecular flexibility index (Phi) is 25.3. The predicted octanol–water partition coefficient (Wildman–Crippen LogP) is 20.5. The molecule has 0 fully saturated rings. The molecule has 27 heteroatoms. The molecule has 0 radical (unpaired) electrons. The van der Waals surface area contributed by atoms with Gasteiger partial charge in [0.15, 0.2) is 28.5 Å². The van der Waals surface area contributed by atoms with E-state index in [0.29, 0.717) is 32.1 Å². The highest BCUT2D eigenvalue weighted by molar-refractivity contribution is 7.24. The molecular weight excluding hydrogens is 1660 g/mol. The lowest BCUT2D eigenvalue weighted by Crippen LogP contribution is -2.14. The first kappa shape index (κ1) is 84.3. The van der Waals surface area contributed by atoms with Crippen LogP contribution in [-0.4, -0.2) is 80.5 Å². The Bertz CT molecular complexity index is 6600. The molecule has 3 aliphatic carbocycles. The molecular formula is C98H81N15O7S5. The molecule has 0 saturated heterocycles. The van der Waals surface area contributed by atoms with Gasteiger partial charge in [-0.1, -0.05) is 204 Å². The number of hydrogen-bond acceptors (Lipinski definition) is 22. The molecule has 0 unspecified atom stereocenters. The first-order chi connectivity index (χ1) is 60.6. The quantitative estimate of drug-likeness (QED) is 0.0473. The van der Waals surface area contributed by atoms with Crippen LogP contribution in [0, 0.1) is 34.6 Å². The van der Waals surface area contributed by atoms with Crippen molar-refractivity contribution < 1.29 is 32.8 Å². The molecule has 0 saturated carbocycles. The Morgan fingerprint density at radius 2 is 0.496 bits per heavy atom. The summed E-state index contributed by atoms with van der Waals surface area (Å²) in [7, 11) is 0. The van der Waals surface area contributed by atoms with E-state index in [2.05, 4.69) is 292 Å². The minimum Gasteiger partial charge on any atom is -0.472 e. The molecule has 0 aliphatic heterocycles. The van der Waals surface area contributed by atoms with Crippen LogP contribution in [0.25, 0.3) is 103 Å². The van der Waals surface area contributed by atoms with Crippen molar-refractivity contribution in [1.29, 1.82) is 0 Å². The number of aryl methyl sites for hydroxylation is 5. The molecule has 17 aromatic rings. The summed E-state index contributed by atoms with van der Waals surface area (Å²) in [5.74, 6) is -2.75. The number of amides is 5. The van der Waals surface area contributed by atoms with Gasteiger partial charge in [0, 0.05) is 83.4 Å². The molecule has 5 amide bonds. The van der Waals surface area contributed by atoms with Crippen LogP contribution in [-0.2, 0) is 32.1 Å². The average molecular weight is 1740 g/mol. The number of nitrogens with zero attached hydrogens (tertiary/aromatic N) is 10. The van der Waals surface area contributed by atoms with Crippen molar-refractivity contribution in [3.05, 3.63) is 356 Å². The van der Waals surface area contributed by atoms with E-state index in [0.717, 1.165) is 161 Å². The number of aromatic nitrogens is 10. The van der Waals surface area contributed by atoms with Crippen molar-refractivity contribution in [2.75, 3.05) is 0 Å². The largest absolute Gasteiger partial charge is 0.472 e. The number of allylic oxidation sites excluding steroid dienone is 12. The summed E-state index contributed by atoms with van der Waals surface area (Å²) in [5, 5.41) is 46.5. The van der Waals surface area contributed by atoms with Gasteiger partial charge in [0.05, 0.1) is 77.0 Å². The summed E-state index contributed by atoms with van der Waals surface area (Å²) in [4.78, 5) is 64.2. The number of furan rings is 2. The zero-order chi connectivity index (χ0) is 86.9. The van der Waals surface area contributed by atoms with Crippen LogP contribution in [0.5, 0.6) is 0 Å². The second-order valence-electron chi connectivity index (χ2n) is 30.3. The number of carbonyl (C=O) groups is 5. The van der Waals surface area contributed by atoms with Crippen molar-refractivity contribution in [1.82, 2.24) is 51.0 Å². The number of primary amides is 5. The fourth-order valence-corrected chi connectivity index (χ4v) is 20.3. The molecule has 5 aromatic carbocycles. The van der Waals surface area contributed by atoms with Crippen molar-refractivity contribution in [3.63, 3.8) is 0 Å². The Morgan fingerprint density at radius 1 is 0.288 bits per heavy atom. The smallest absolute Gasteiger partial charge is 0.270 e. The van der Waals surface area contributed by atoms with E-state index >= 15 is 0 Å². The van der Waals surface area contributed by atoms with Gasteiger partial charge in [-0.25, -0.2) is 0 Å². The predicted molar refractivity (Wildman–Crippen MR) is 500 cm³/mol. The van der Waals surface area contributed by atoms with Crippen molar-refractivity contribution in [2.24, 2.45) is 28.7 Å². The van der Waals surface area contributed by atoms with Crippen LogP contribution in [0.2, 0.25) is 0 Å². The zero-order valence-electron chi connectivity index (χ0n) is 68.5. The topological polar surface area (TPSA) is 371 Å². The molecule has 12 heterocycles. The van der Waals surface area contributed by atoms with Gasteiger partial charge < -0.3 is 37.5 Å². The van der Waals surface area contributed by atoms with Gasteiger partial charge in [0.25, 0.3) is 29.5 Å². The molecule has 20 rings (SSSR count). The normalized spacial score (nSPS) is 12.5. The zero-order valence-corrected chi connectivity index (χ0v) is 72.6. The SMILES string of the molecule is Cc1ccc(-c2cc3c(CC4=CCC=C4)nnc(C(N)=O)c3s2)cc1.Cc1ccc(-c2cc3c(CC4=CCC=C4)nnc(C(N)=O)c3s2)cc1.Cc1ccc(-c2cc3c(CC4=CCC=C4)nnc(C(N)=O)c3s2)cc1.Cc1ccc(-c2cc3c(Cc4ccoc4)nnc(C(N)=O)c3s2)cc1.Cc1ccc(-c2cc3c(Cc4ccoc4)nnc(C(N)=O)c3s2)cc1. The second-order valence-corrected chi connectivity index (χ2v) is 35.6. The van der Waals surface area contributed by atoms with Gasteiger partial charge in [-0.2, -0.15) is 25.5 Å². The maximum absolute atomic E-state index is 11.8. The number of thiophene rings is 5. The van der Waals surface area contributed by atoms with E-state index in [1.54, 1.807) is 59.1 Å². The van der Waals surface area contributed by atoms with E-state index in [1.807, 2.05) is 12.1 Å². The third-order valence-electron chi connectivity index (χ3n) is 21.1. The number of nitrogens with two attached hydrogens (primary N) is 5. The van der Waals surface area contributed by atoms with E-state index in [9.17, 15) is 24.0 Å². The first-order valence-corrected chi connectivity index (χ1v) is 44.0. The highest BCUT2D eigenvalue weighted by Crippen LogP contribution is 2.43. The lowest BCUT2D eigenvalue weighted by Gasteiger charge is -2.03. The van der Waals surface area contributed by atoms with Gasteiger partial charge in [-0.3, -0.25) is 24.0 Å². The number of benzene rings is 5. The van der Waals surface area contributed by atoms with Crippen LogP contribution < -0.4 is 28.7 Å².